The number of nitrogens with one attached hydrogen (secondary N) is 1. The molecule has 0 saturated carbocycles. The van der Waals surface area contributed by atoms with Gasteiger partial charge >= 0.3 is 0 Å². The average Bonchev–Trinajstić information content (AvgIpc) is 2.88. The minimum Gasteiger partial charge on any atom is -0.379 e. The van der Waals surface area contributed by atoms with Gasteiger partial charge in [0.05, 0.1) is 13.2 Å². The maximum absolute atomic E-state index is 5.52. The van der Waals surface area contributed by atoms with E-state index in [1.807, 2.05) is 0 Å². The summed E-state index contributed by atoms with van der Waals surface area (Å²) in [6.07, 6.45) is 7.04. The molecule has 0 aromatic carbocycles. The van der Waals surface area contributed by atoms with Crippen LogP contribution in [0.5, 0.6) is 0 Å². The molecule has 2 aliphatic heterocycles. The van der Waals surface area contributed by atoms with E-state index in [2.05, 4.69) is 40.3 Å². The zero-order valence-electron chi connectivity index (χ0n) is 11.8. The Bertz CT molecular complexity index is 374. The molecule has 3 heterocycles. The highest BCUT2D eigenvalue weighted by Crippen LogP contribution is 2.34. The molecule has 1 unspecified atom stereocenters. The molecule has 0 amide bonds. The molecule has 0 bridgehead atoms. The Hall–Kier alpha value is -0.840. The molecular formula is C15H25N3O. The van der Waals surface area contributed by atoms with Gasteiger partial charge in [-0.25, -0.2) is 0 Å². The number of aromatic nitrogens is 1. The fraction of sp³-hybridized carbons (Fsp3) is 0.733. The Morgan fingerprint density at radius 3 is 2.63 bits per heavy atom. The summed E-state index contributed by atoms with van der Waals surface area (Å²) >= 11 is 0. The molecule has 19 heavy (non-hydrogen) atoms. The van der Waals surface area contributed by atoms with Crippen LogP contribution in [0.15, 0.2) is 18.5 Å². The third kappa shape index (κ3) is 3.02. The topological polar surface area (TPSA) is 29.4 Å². The van der Waals surface area contributed by atoms with E-state index < -0.39 is 0 Å². The van der Waals surface area contributed by atoms with Crippen molar-refractivity contribution >= 4 is 0 Å². The third-order valence-corrected chi connectivity index (χ3v) is 4.47. The first-order chi connectivity index (χ1) is 9.34. The zero-order chi connectivity index (χ0) is 13.1. The van der Waals surface area contributed by atoms with E-state index in [-0.39, 0.29) is 0 Å². The van der Waals surface area contributed by atoms with Crippen LogP contribution in [0, 0.1) is 5.92 Å². The third-order valence-electron chi connectivity index (χ3n) is 4.47. The Morgan fingerprint density at radius 2 is 2.00 bits per heavy atom. The lowest BCUT2D eigenvalue weighted by atomic mass is 9.85. The standard InChI is InChI=1S/C15H25N3O/c1-17-7-4-14(12-17)15(13-2-5-16-6-3-13)18-8-10-19-11-9-18/h4,7,12-13,15-16H,2-3,5-6,8-11H2,1H3. The normalized spacial score (nSPS) is 24.5. The highest BCUT2D eigenvalue weighted by atomic mass is 16.5. The van der Waals surface area contributed by atoms with Crippen molar-refractivity contribution in [1.29, 1.82) is 0 Å². The first-order valence-corrected chi connectivity index (χ1v) is 7.49. The molecule has 4 nitrogen and oxygen atoms in total. The van der Waals surface area contributed by atoms with E-state index in [1.165, 1.54) is 31.5 Å². The van der Waals surface area contributed by atoms with E-state index >= 15 is 0 Å². The molecule has 1 aromatic rings. The predicted octanol–water partition coefficient (Wildman–Crippen LogP) is 1.40. The number of hydrogen-bond donors (Lipinski definition) is 1. The summed E-state index contributed by atoms with van der Waals surface area (Å²) < 4.78 is 7.69. The van der Waals surface area contributed by atoms with Gasteiger partial charge in [-0.1, -0.05) is 0 Å². The highest BCUT2D eigenvalue weighted by Gasteiger charge is 2.31. The Morgan fingerprint density at radius 1 is 1.26 bits per heavy atom. The predicted molar refractivity (Wildman–Crippen MR) is 76.1 cm³/mol. The summed E-state index contributed by atoms with van der Waals surface area (Å²) in [5.41, 5.74) is 1.48. The number of ether oxygens (including phenoxy) is 1. The number of aryl methyl sites for hydroxylation is 1. The van der Waals surface area contributed by atoms with Crippen LogP contribution in [0.25, 0.3) is 0 Å². The van der Waals surface area contributed by atoms with Gasteiger partial charge in [0.15, 0.2) is 0 Å². The van der Waals surface area contributed by atoms with Gasteiger partial charge in [0.1, 0.15) is 0 Å². The number of morpholine rings is 1. The second kappa shape index (κ2) is 6.07. The summed E-state index contributed by atoms with van der Waals surface area (Å²) in [6, 6.07) is 2.87. The van der Waals surface area contributed by atoms with E-state index in [0.29, 0.717) is 6.04 Å². The van der Waals surface area contributed by atoms with E-state index in [1.54, 1.807) is 0 Å². The number of rotatable bonds is 3. The van der Waals surface area contributed by atoms with Crippen LogP contribution < -0.4 is 5.32 Å². The van der Waals surface area contributed by atoms with Gasteiger partial charge in [-0.05, 0) is 43.5 Å². The van der Waals surface area contributed by atoms with E-state index in [4.69, 9.17) is 4.74 Å². The van der Waals surface area contributed by atoms with Crippen molar-refractivity contribution in [1.82, 2.24) is 14.8 Å². The van der Waals surface area contributed by atoms with Crippen LogP contribution in [0.3, 0.4) is 0 Å². The Balaban J connectivity index is 1.81. The van der Waals surface area contributed by atoms with Crippen molar-refractivity contribution in [3.05, 3.63) is 24.0 Å². The second-order valence-corrected chi connectivity index (χ2v) is 5.79. The fourth-order valence-corrected chi connectivity index (χ4v) is 3.50. The highest BCUT2D eigenvalue weighted by molar-refractivity contribution is 5.17. The fourth-order valence-electron chi connectivity index (χ4n) is 3.50. The first-order valence-electron chi connectivity index (χ1n) is 7.49. The first kappa shape index (κ1) is 13.2. The van der Waals surface area contributed by atoms with E-state index in [0.717, 1.165) is 32.2 Å². The molecule has 3 rings (SSSR count). The largest absolute Gasteiger partial charge is 0.379 e. The van der Waals surface area contributed by atoms with Crippen molar-refractivity contribution in [2.24, 2.45) is 13.0 Å². The van der Waals surface area contributed by atoms with Gasteiger partial charge in [0.25, 0.3) is 0 Å². The molecule has 2 fully saturated rings. The van der Waals surface area contributed by atoms with Crippen LogP contribution in [0.2, 0.25) is 0 Å². The maximum Gasteiger partial charge on any atom is 0.0594 e. The molecule has 106 valence electrons. The van der Waals surface area contributed by atoms with Crippen molar-refractivity contribution < 1.29 is 4.74 Å². The number of nitrogens with zero attached hydrogens (tertiary/aromatic N) is 2. The molecule has 1 N–H and O–H groups in total. The molecule has 2 saturated heterocycles. The van der Waals surface area contributed by atoms with Crippen LogP contribution >= 0.6 is 0 Å². The number of hydrogen-bond acceptors (Lipinski definition) is 3. The van der Waals surface area contributed by atoms with Crippen LogP contribution in [-0.4, -0.2) is 48.9 Å². The summed E-state index contributed by atoms with van der Waals surface area (Å²) in [4.78, 5) is 2.63. The van der Waals surface area contributed by atoms with E-state index in [9.17, 15) is 0 Å². The molecule has 0 spiro atoms. The molecule has 2 aliphatic rings. The smallest absolute Gasteiger partial charge is 0.0594 e. The van der Waals surface area contributed by atoms with Gasteiger partial charge in [-0.15, -0.1) is 0 Å². The van der Waals surface area contributed by atoms with Crippen LogP contribution in [-0.2, 0) is 11.8 Å². The van der Waals surface area contributed by atoms with Gasteiger partial charge in [-0.3, -0.25) is 4.90 Å². The molecule has 1 aromatic heterocycles. The van der Waals surface area contributed by atoms with Crippen LogP contribution in [0.1, 0.15) is 24.4 Å². The Labute approximate surface area is 115 Å². The monoisotopic (exact) mass is 263 g/mol. The van der Waals surface area contributed by atoms with Crippen molar-refractivity contribution in [3.8, 4) is 0 Å². The summed E-state index contributed by atoms with van der Waals surface area (Å²) in [5.74, 6) is 0.779. The second-order valence-electron chi connectivity index (χ2n) is 5.79. The average molecular weight is 263 g/mol. The lowest BCUT2D eigenvalue weighted by Crippen LogP contribution is -2.44. The SMILES string of the molecule is Cn1ccc(C(C2CCNCC2)N2CCOCC2)c1. The Kier molecular flexibility index (Phi) is 4.21. The van der Waals surface area contributed by atoms with Gasteiger partial charge in [0, 0.05) is 38.6 Å². The lowest BCUT2D eigenvalue weighted by molar-refractivity contribution is -0.00218. The summed E-state index contributed by atoms with van der Waals surface area (Å²) in [5, 5.41) is 3.48. The minimum absolute atomic E-state index is 0.576. The van der Waals surface area contributed by atoms with Gasteiger partial charge < -0.3 is 14.6 Å². The molecule has 0 aliphatic carbocycles. The lowest BCUT2D eigenvalue weighted by Gasteiger charge is -2.40. The zero-order valence-corrected chi connectivity index (χ0v) is 11.8. The van der Waals surface area contributed by atoms with Crippen molar-refractivity contribution in [2.45, 2.75) is 18.9 Å². The quantitative estimate of drug-likeness (QED) is 0.894. The van der Waals surface area contributed by atoms with Gasteiger partial charge in [0.2, 0.25) is 0 Å². The molecule has 4 heteroatoms. The maximum atomic E-state index is 5.52. The molecule has 1 atom stereocenters. The molecular weight excluding hydrogens is 238 g/mol. The summed E-state index contributed by atoms with van der Waals surface area (Å²) in [6.45, 7) is 6.24. The van der Waals surface area contributed by atoms with Crippen molar-refractivity contribution in [3.63, 3.8) is 0 Å². The molecule has 0 radical (unpaired) electrons. The minimum atomic E-state index is 0.576. The summed E-state index contributed by atoms with van der Waals surface area (Å²) in [7, 11) is 2.11. The van der Waals surface area contributed by atoms with Crippen LogP contribution in [0.4, 0.5) is 0 Å². The van der Waals surface area contributed by atoms with Crippen molar-refractivity contribution in [2.75, 3.05) is 39.4 Å². The van der Waals surface area contributed by atoms with Gasteiger partial charge in [-0.2, -0.15) is 0 Å². The number of piperidine rings is 1.